The molecule has 1 radical (unpaired) electrons. The second-order valence-electron chi connectivity index (χ2n) is 10.8. The fraction of sp³-hybridized carbons (Fsp3) is 0.229. The normalized spacial score (nSPS) is 18.4. The number of carbonyl (C=O) groups excluding carboxylic acids is 1. The lowest BCUT2D eigenvalue weighted by Gasteiger charge is -2.40. The van der Waals surface area contributed by atoms with Crippen molar-refractivity contribution in [3.63, 3.8) is 0 Å². The van der Waals surface area contributed by atoms with Crippen molar-refractivity contribution in [3.8, 4) is 6.07 Å². The number of carbonyl (C=O) groups is 1. The largest absolute Gasteiger partial charge is 0.447 e. The molecule has 0 aliphatic carbocycles. The van der Waals surface area contributed by atoms with Gasteiger partial charge in [-0.3, -0.25) is 0 Å². The third kappa shape index (κ3) is 8.20. The fourth-order valence-electron chi connectivity index (χ4n) is 5.08. The van der Waals surface area contributed by atoms with Crippen LogP contribution < -0.4 is 0 Å². The molecule has 247 valence electrons. The number of ether oxygens (including phenoxy) is 3. The number of nitrogens with zero attached hydrogens (tertiary/aromatic N) is 4. The molecule has 1 saturated heterocycles. The number of esters is 1. The van der Waals surface area contributed by atoms with E-state index in [4.69, 9.17) is 19.5 Å². The Labute approximate surface area is 278 Å². The number of allylic oxidation sites excluding steroid dienone is 2. The van der Waals surface area contributed by atoms with Crippen LogP contribution >= 0.6 is 11.8 Å². The Morgan fingerprint density at radius 3 is 2.54 bits per heavy atom. The molecule has 1 aromatic heterocycles. The average molecular weight is 678 g/mol. The number of benzene rings is 3. The molecule has 2 heterocycles. The molecule has 48 heavy (non-hydrogen) atoms. The van der Waals surface area contributed by atoms with Gasteiger partial charge in [-0.2, -0.15) is 10.4 Å². The maximum Gasteiger partial charge on any atom is 0.339 e. The Bertz CT molecular complexity index is 1860. The third-order valence-electron chi connectivity index (χ3n) is 7.55. The van der Waals surface area contributed by atoms with Gasteiger partial charge in [0, 0.05) is 22.4 Å². The highest BCUT2D eigenvalue weighted by Gasteiger charge is 2.47. The molecule has 1 aliphatic heterocycles. The highest BCUT2D eigenvalue weighted by molar-refractivity contribution is 8.00. The number of rotatable bonds is 11. The van der Waals surface area contributed by atoms with Crippen molar-refractivity contribution in [2.75, 3.05) is 13.2 Å². The number of hydrogen-bond donors (Lipinski definition) is 0. The van der Waals surface area contributed by atoms with Crippen molar-refractivity contribution in [3.05, 3.63) is 143 Å². The molecule has 0 amide bonds. The molecule has 3 aromatic carbocycles. The summed E-state index contributed by atoms with van der Waals surface area (Å²) < 4.78 is 77.2. The van der Waals surface area contributed by atoms with Crippen LogP contribution in [-0.2, 0) is 26.4 Å². The number of thioether (sulfide) groups is 1. The number of nitriles is 1. The van der Waals surface area contributed by atoms with Gasteiger partial charge in [0.25, 0.3) is 0 Å². The zero-order valence-corrected chi connectivity index (χ0v) is 26.4. The van der Waals surface area contributed by atoms with Crippen molar-refractivity contribution < 1.29 is 36.6 Å². The first-order chi connectivity index (χ1) is 23.1. The van der Waals surface area contributed by atoms with E-state index in [-0.39, 0.29) is 47.3 Å². The Kier molecular flexibility index (Phi) is 11.1. The molecular formula is C35H29F4N4O4S. The molecule has 0 saturated carbocycles. The zero-order valence-electron chi connectivity index (χ0n) is 25.6. The monoisotopic (exact) mass is 677 g/mol. The summed E-state index contributed by atoms with van der Waals surface area (Å²) in [5.74, 6) is -3.96. The van der Waals surface area contributed by atoms with Gasteiger partial charge in [-0.15, -0.1) is 11.8 Å². The maximum absolute atomic E-state index is 15.6. The van der Waals surface area contributed by atoms with Crippen molar-refractivity contribution in [2.45, 2.75) is 35.9 Å². The number of halogens is 4. The summed E-state index contributed by atoms with van der Waals surface area (Å²) in [4.78, 5) is 17.6. The van der Waals surface area contributed by atoms with Crippen LogP contribution in [0.4, 0.5) is 17.6 Å². The van der Waals surface area contributed by atoms with E-state index < -0.39 is 46.4 Å². The molecule has 0 bridgehead atoms. The van der Waals surface area contributed by atoms with E-state index in [2.05, 4.69) is 17.0 Å². The Hall–Kier alpha value is -4.77. The van der Waals surface area contributed by atoms with Crippen LogP contribution in [0.15, 0.2) is 85.5 Å². The lowest BCUT2D eigenvalue weighted by molar-refractivity contribution is -0.146. The van der Waals surface area contributed by atoms with E-state index in [9.17, 15) is 18.0 Å². The highest BCUT2D eigenvalue weighted by Crippen LogP contribution is 2.42. The molecule has 0 unspecified atom stereocenters. The van der Waals surface area contributed by atoms with Crippen molar-refractivity contribution in [2.24, 2.45) is 0 Å². The minimum atomic E-state index is -1.81. The predicted molar refractivity (Wildman–Crippen MR) is 170 cm³/mol. The summed E-state index contributed by atoms with van der Waals surface area (Å²) in [7, 11) is 0. The first-order valence-corrected chi connectivity index (χ1v) is 15.6. The third-order valence-corrected chi connectivity index (χ3v) is 8.99. The van der Waals surface area contributed by atoms with Crippen LogP contribution in [0.5, 0.6) is 0 Å². The highest BCUT2D eigenvalue weighted by atomic mass is 32.2. The van der Waals surface area contributed by atoms with E-state index in [1.807, 2.05) is 6.07 Å². The molecular weight excluding hydrogens is 648 g/mol. The quantitative estimate of drug-likeness (QED) is 0.0975. The standard InChI is InChI=1S/C35H29F4N4O4S/c1-22-7-10-26(36)14-29(22)34(44)47-35(19-43-21-41-20-42-43,30-12-11-27(37)15-32(30)39)23(2)48-28-17-45-33(46-18-28)6-4-3-5-25-9-8-24(16-40)13-31(25)38/h3-15,20-21,23,28,33H,1,17-19H2,2H3/b5-3+,6-4+/t23-,28-,33-,35-/m1/s1. The van der Waals surface area contributed by atoms with E-state index in [0.29, 0.717) is 11.6 Å². The smallest absolute Gasteiger partial charge is 0.339 e. The van der Waals surface area contributed by atoms with Crippen LogP contribution in [-0.4, -0.2) is 50.7 Å². The first kappa shape index (κ1) is 34.6. The molecule has 2 atom stereocenters. The van der Waals surface area contributed by atoms with Gasteiger partial charge >= 0.3 is 5.97 Å². The Morgan fingerprint density at radius 2 is 1.85 bits per heavy atom. The lowest BCUT2D eigenvalue weighted by Crippen LogP contribution is -2.47. The van der Waals surface area contributed by atoms with Gasteiger partial charge in [-0.05, 0) is 61.9 Å². The maximum atomic E-state index is 15.6. The van der Waals surface area contributed by atoms with Gasteiger partial charge < -0.3 is 14.2 Å². The predicted octanol–water partition coefficient (Wildman–Crippen LogP) is 6.77. The SMILES string of the molecule is [CH2]c1ccc(F)cc1C(=O)O[C@@](Cn1cncn1)(c1ccc(F)cc1F)[C@@H](C)S[C@H]1CO[C@H](/C=C/C=C/c2ccc(C#N)cc2F)OC1. The second-order valence-corrected chi connectivity index (χ2v) is 12.5. The summed E-state index contributed by atoms with van der Waals surface area (Å²) in [5, 5.41) is 12.0. The summed E-state index contributed by atoms with van der Waals surface area (Å²) in [5.41, 5.74) is -1.37. The minimum Gasteiger partial charge on any atom is -0.447 e. The lowest BCUT2D eigenvalue weighted by atomic mass is 9.89. The topological polar surface area (TPSA) is 99.3 Å². The van der Waals surface area contributed by atoms with Crippen LogP contribution in [0.1, 0.15) is 39.5 Å². The van der Waals surface area contributed by atoms with Gasteiger partial charge in [0.15, 0.2) is 11.9 Å². The van der Waals surface area contributed by atoms with E-state index in [1.165, 1.54) is 53.4 Å². The first-order valence-electron chi connectivity index (χ1n) is 14.6. The molecule has 4 aromatic rings. The molecule has 0 N–H and O–H groups in total. The molecule has 8 nitrogen and oxygen atoms in total. The van der Waals surface area contributed by atoms with E-state index in [0.717, 1.165) is 24.3 Å². The van der Waals surface area contributed by atoms with Crippen LogP contribution in [0.2, 0.25) is 0 Å². The van der Waals surface area contributed by atoms with E-state index >= 15 is 4.39 Å². The zero-order chi connectivity index (χ0) is 34.3. The molecule has 13 heteroatoms. The van der Waals surface area contributed by atoms with Gasteiger partial charge in [0.05, 0.1) is 42.2 Å². The fourth-order valence-corrected chi connectivity index (χ4v) is 6.45. The minimum absolute atomic E-state index is 0.126. The van der Waals surface area contributed by atoms with Crippen LogP contribution in [0, 0.1) is 41.5 Å². The molecule has 1 aliphatic rings. The van der Waals surface area contributed by atoms with Gasteiger partial charge in [-0.1, -0.05) is 30.4 Å². The summed E-state index contributed by atoms with van der Waals surface area (Å²) in [6, 6.07) is 12.5. The molecule has 5 rings (SSSR count). The Balaban J connectivity index is 1.35. The second kappa shape index (κ2) is 15.4. The van der Waals surface area contributed by atoms with Crippen molar-refractivity contribution >= 4 is 23.8 Å². The van der Waals surface area contributed by atoms with Crippen molar-refractivity contribution in [1.82, 2.24) is 14.8 Å². The molecule has 1 fully saturated rings. The van der Waals surface area contributed by atoms with Crippen molar-refractivity contribution in [1.29, 1.82) is 5.26 Å². The van der Waals surface area contributed by atoms with Gasteiger partial charge in [0.2, 0.25) is 0 Å². The average Bonchev–Trinajstić information content (AvgIpc) is 3.58. The Morgan fingerprint density at radius 1 is 1.10 bits per heavy atom. The summed E-state index contributed by atoms with van der Waals surface area (Å²) in [6.07, 6.45) is 8.36. The van der Waals surface area contributed by atoms with Crippen LogP contribution in [0.3, 0.4) is 0 Å². The summed E-state index contributed by atoms with van der Waals surface area (Å²) in [6.45, 7) is 5.69. The van der Waals surface area contributed by atoms with E-state index in [1.54, 1.807) is 31.2 Å². The number of aromatic nitrogens is 3. The van der Waals surface area contributed by atoms with Gasteiger partial charge in [0.1, 0.15) is 35.9 Å². The van der Waals surface area contributed by atoms with Gasteiger partial charge in [-0.25, -0.2) is 32.0 Å². The molecule has 0 spiro atoms. The summed E-state index contributed by atoms with van der Waals surface area (Å²) >= 11 is 1.29. The number of hydrogen-bond acceptors (Lipinski definition) is 8. The van der Waals surface area contributed by atoms with Crippen LogP contribution in [0.25, 0.3) is 6.08 Å².